The molecule has 1 aliphatic rings. The second kappa shape index (κ2) is 4.12. The van der Waals surface area contributed by atoms with E-state index < -0.39 is 0 Å². The molecule has 0 amide bonds. The zero-order chi connectivity index (χ0) is 10.8. The van der Waals surface area contributed by atoms with Crippen LogP contribution in [0.1, 0.15) is 25.0 Å². The maximum absolute atomic E-state index is 4.57. The average molecular weight is 212 g/mol. The molecule has 3 rings (SSSR count). The van der Waals surface area contributed by atoms with Crippen LogP contribution in [-0.2, 0) is 13.0 Å². The van der Waals surface area contributed by atoms with Gasteiger partial charge in [0.05, 0.1) is 12.0 Å². The fraction of sp³-hybridized carbons (Fsp3) is 0.357. The number of hydrogen-bond acceptors (Lipinski definition) is 1. The molecule has 0 saturated heterocycles. The molecule has 0 bridgehead atoms. The van der Waals surface area contributed by atoms with Crippen LogP contribution < -0.4 is 0 Å². The van der Waals surface area contributed by atoms with Crippen molar-refractivity contribution in [3.8, 4) is 11.3 Å². The van der Waals surface area contributed by atoms with Gasteiger partial charge in [-0.2, -0.15) is 0 Å². The summed E-state index contributed by atoms with van der Waals surface area (Å²) in [5.41, 5.74) is 3.85. The van der Waals surface area contributed by atoms with Gasteiger partial charge in [0.15, 0.2) is 0 Å². The van der Waals surface area contributed by atoms with Gasteiger partial charge in [0.2, 0.25) is 0 Å². The highest BCUT2D eigenvalue weighted by molar-refractivity contribution is 5.61. The predicted octanol–water partition coefficient (Wildman–Crippen LogP) is 3.28. The summed E-state index contributed by atoms with van der Waals surface area (Å²) in [5, 5.41) is 0. The molecular formula is C14H16N2. The first-order valence-corrected chi connectivity index (χ1v) is 6.04. The van der Waals surface area contributed by atoms with Crippen molar-refractivity contribution in [2.24, 2.45) is 0 Å². The number of imidazole rings is 1. The number of aryl methyl sites for hydroxylation is 1. The van der Waals surface area contributed by atoms with Crippen LogP contribution in [0.15, 0.2) is 36.7 Å². The van der Waals surface area contributed by atoms with E-state index in [1.807, 2.05) is 6.33 Å². The lowest BCUT2D eigenvalue weighted by molar-refractivity contribution is 0.632. The van der Waals surface area contributed by atoms with Crippen molar-refractivity contribution >= 4 is 0 Å². The number of fused-ring (bicyclic) bond motifs is 1. The van der Waals surface area contributed by atoms with Gasteiger partial charge in [-0.05, 0) is 19.3 Å². The van der Waals surface area contributed by atoms with E-state index in [2.05, 4.69) is 39.9 Å². The highest BCUT2D eigenvalue weighted by atomic mass is 15.1. The van der Waals surface area contributed by atoms with Gasteiger partial charge in [-0.1, -0.05) is 36.8 Å². The van der Waals surface area contributed by atoms with E-state index >= 15 is 0 Å². The molecule has 0 radical (unpaired) electrons. The van der Waals surface area contributed by atoms with Gasteiger partial charge >= 0.3 is 0 Å². The smallest absolute Gasteiger partial charge is 0.0956 e. The summed E-state index contributed by atoms with van der Waals surface area (Å²) >= 11 is 0. The molecule has 2 aromatic rings. The molecular weight excluding hydrogens is 196 g/mol. The maximum Gasteiger partial charge on any atom is 0.0956 e. The van der Waals surface area contributed by atoms with Crippen LogP contribution >= 0.6 is 0 Å². The van der Waals surface area contributed by atoms with Gasteiger partial charge in [0.1, 0.15) is 0 Å². The minimum Gasteiger partial charge on any atom is -0.334 e. The Hall–Kier alpha value is -1.57. The number of benzene rings is 1. The quantitative estimate of drug-likeness (QED) is 0.709. The van der Waals surface area contributed by atoms with Crippen molar-refractivity contribution in [1.29, 1.82) is 0 Å². The van der Waals surface area contributed by atoms with Gasteiger partial charge < -0.3 is 4.57 Å². The van der Waals surface area contributed by atoms with Crippen molar-refractivity contribution in [2.45, 2.75) is 32.2 Å². The molecule has 1 aromatic carbocycles. The molecule has 2 heterocycles. The van der Waals surface area contributed by atoms with Gasteiger partial charge in [-0.25, -0.2) is 4.98 Å². The van der Waals surface area contributed by atoms with Crippen molar-refractivity contribution in [2.75, 3.05) is 0 Å². The summed E-state index contributed by atoms with van der Waals surface area (Å²) in [7, 11) is 0. The molecule has 0 fully saturated rings. The van der Waals surface area contributed by atoms with Crippen molar-refractivity contribution in [1.82, 2.24) is 9.55 Å². The largest absolute Gasteiger partial charge is 0.334 e. The molecule has 0 aliphatic carbocycles. The average Bonchev–Trinajstić information content (AvgIpc) is 2.60. The van der Waals surface area contributed by atoms with E-state index in [1.54, 1.807) is 0 Å². The highest BCUT2D eigenvalue weighted by Crippen LogP contribution is 2.25. The SMILES string of the molecule is c1ccc(-c2ncn3c2CCCCC3)cc1. The highest BCUT2D eigenvalue weighted by Gasteiger charge is 2.14. The topological polar surface area (TPSA) is 17.8 Å². The Labute approximate surface area is 95.9 Å². The summed E-state index contributed by atoms with van der Waals surface area (Å²) < 4.78 is 2.33. The Morgan fingerprint density at radius 2 is 1.88 bits per heavy atom. The molecule has 2 nitrogen and oxygen atoms in total. The molecule has 16 heavy (non-hydrogen) atoms. The summed E-state index contributed by atoms with van der Waals surface area (Å²) in [5.74, 6) is 0. The van der Waals surface area contributed by atoms with Crippen LogP contribution in [-0.4, -0.2) is 9.55 Å². The predicted molar refractivity (Wildman–Crippen MR) is 65.2 cm³/mol. The third-order valence-electron chi connectivity index (χ3n) is 3.31. The van der Waals surface area contributed by atoms with E-state index in [0.29, 0.717) is 0 Å². The lowest BCUT2D eigenvalue weighted by Gasteiger charge is -2.05. The summed E-state index contributed by atoms with van der Waals surface area (Å²) in [6.45, 7) is 1.13. The Bertz CT molecular complexity index is 471. The van der Waals surface area contributed by atoms with Crippen molar-refractivity contribution < 1.29 is 0 Å². The lowest BCUT2D eigenvalue weighted by atomic mass is 10.1. The molecule has 0 N–H and O–H groups in total. The first kappa shape index (κ1) is 9.64. The molecule has 0 spiro atoms. The van der Waals surface area contributed by atoms with Gasteiger partial charge in [-0.3, -0.25) is 0 Å². The van der Waals surface area contributed by atoms with Gasteiger partial charge in [0.25, 0.3) is 0 Å². The lowest BCUT2D eigenvalue weighted by Crippen LogP contribution is -1.98. The number of rotatable bonds is 1. The third-order valence-corrected chi connectivity index (χ3v) is 3.31. The van der Waals surface area contributed by atoms with Crippen LogP contribution in [0.5, 0.6) is 0 Å². The minimum atomic E-state index is 1.13. The Kier molecular flexibility index (Phi) is 2.49. The van der Waals surface area contributed by atoms with Crippen molar-refractivity contribution in [3.63, 3.8) is 0 Å². The molecule has 2 heteroatoms. The zero-order valence-electron chi connectivity index (χ0n) is 9.39. The number of hydrogen-bond donors (Lipinski definition) is 0. The van der Waals surface area contributed by atoms with Crippen LogP contribution in [0.3, 0.4) is 0 Å². The Morgan fingerprint density at radius 3 is 2.75 bits per heavy atom. The molecule has 0 atom stereocenters. The summed E-state index contributed by atoms with van der Waals surface area (Å²) in [6, 6.07) is 10.5. The molecule has 1 aromatic heterocycles. The standard InChI is InChI=1S/C14H16N2/c1-3-7-12(8-4-1)14-13-9-5-2-6-10-16(13)11-15-14/h1,3-4,7-8,11H,2,5-6,9-10H2. The monoisotopic (exact) mass is 212 g/mol. The molecule has 0 unspecified atom stereocenters. The van der Waals surface area contributed by atoms with Crippen LogP contribution in [0.2, 0.25) is 0 Å². The Balaban J connectivity index is 2.06. The molecule has 0 saturated carbocycles. The van der Waals surface area contributed by atoms with Gasteiger partial charge in [-0.15, -0.1) is 0 Å². The van der Waals surface area contributed by atoms with E-state index in [1.165, 1.54) is 42.6 Å². The number of nitrogens with zero attached hydrogens (tertiary/aromatic N) is 2. The summed E-state index contributed by atoms with van der Waals surface area (Å²) in [6.07, 6.45) is 7.10. The Morgan fingerprint density at radius 1 is 1.00 bits per heavy atom. The summed E-state index contributed by atoms with van der Waals surface area (Å²) in [4.78, 5) is 4.57. The molecule has 82 valence electrons. The molecule has 1 aliphatic heterocycles. The third kappa shape index (κ3) is 1.64. The first-order chi connectivity index (χ1) is 7.95. The second-order valence-electron chi connectivity index (χ2n) is 4.41. The fourth-order valence-corrected chi connectivity index (χ4v) is 2.45. The maximum atomic E-state index is 4.57. The minimum absolute atomic E-state index is 1.13. The van der Waals surface area contributed by atoms with E-state index in [0.717, 1.165) is 6.54 Å². The normalized spacial score (nSPS) is 15.5. The van der Waals surface area contributed by atoms with Crippen LogP contribution in [0.4, 0.5) is 0 Å². The van der Waals surface area contributed by atoms with Crippen molar-refractivity contribution in [3.05, 3.63) is 42.4 Å². The van der Waals surface area contributed by atoms with Gasteiger partial charge in [0, 0.05) is 17.8 Å². The number of aromatic nitrogens is 2. The second-order valence-corrected chi connectivity index (χ2v) is 4.41. The van der Waals surface area contributed by atoms with E-state index in [4.69, 9.17) is 0 Å². The van der Waals surface area contributed by atoms with Crippen LogP contribution in [0.25, 0.3) is 11.3 Å². The fourth-order valence-electron chi connectivity index (χ4n) is 2.45. The van der Waals surface area contributed by atoms with E-state index in [9.17, 15) is 0 Å². The zero-order valence-corrected chi connectivity index (χ0v) is 9.39. The first-order valence-electron chi connectivity index (χ1n) is 6.04. The van der Waals surface area contributed by atoms with E-state index in [-0.39, 0.29) is 0 Å². The van der Waals surface area contributed by atoms with Crippen LogP contribution in [0, 0.1) is 0 Å².